The Balaban J connectivity index is 1.73. The van der Waals surface area contributed by atoms with Crippen LogP contribution < -0.4 is 4.80 Å². The zero-order valence-electron chi connectivity index (χ0n) is 18.8. The number of aryl methyl sites for hydroxylation is 2. The molecule has 2 heterocycles. The molecule has 1 aromatic heterocycles. The van der Waals surface area contributed by atoms with Crippen LogP contribution in [0.25, 0.3) is 11.3 Å². The van der Waals surface area contributed by atoms with Crippen molar-refractivity contribution >= 4 is 22.9 Å². The molecule has 1 aliphatic rings. The summed E-state index contributed by atoms with van der Waals surface area (Å²) in [6.07, 6.45) is 4.35. The van der Waals surface area contributed by atoms with E-state index in [0.29, 0.717) is 6.42 Å². The van der Waals surface area contributed by atoms with Gasteiger partial charge in [0.25, 0.3) is 0 Å². The standard InChI is InChI=1S/C26H30FN3OS/c1-3-19-8-5-9-20(4-2)25(19)28-26-30(17-7-16-29-15-6-10-24(29)31)23(18-32-26)21-11-13-22(27)14-12-21/h5,8-9,11-14,18H,3-4,6-7,10,15-17H2,1-2H3. The van der Waals surface area contributed by atoms with Gasteiger partial charge in [-0.3, -0.25) is 4.79 Å². The summed E-state index contributed by atoms with van der Waals surface area (Å²) in [4.78, 5) is 20.0. The van der Waals surface area contributed by atoms with Crippen LogP contribution in [0.2, 0.25) is 0 Å². The molecule has 4 nitrogen and oxygen atoms in total. The van der Waals surface area contributed by atoms with Gasteiger partial charge in [0.2, 0.25) is 5.91 Å². The van der Waals surface area contributed by atoms with Gasteiger partial charge in [0, 0.05) is 31.4 Å². The summed E-state index contributed by atoms with van der Waals surface area (Å²) in [7, 11) is 0. The van der Waals surface area contributed by atoms with Crippen LogP contribution in [0, 0.1) is 5.82 Å². The number of rotatable bonds is 8. The van der Waals surface area contributed by atoms with E-state index in [0.717, 1.165) is 67.1 Å². The van der Waals surface area contributed by atoms with E-state index in [-0.39, 0.29) is 11.7 Å². The van der Waals surface area contributed by atoms with E-state index in [1.165, 1.54) is 23.3 Å². The van der Waals surface area contributed by atoms with Gasteiger partial charge in [-0.25, -0.2) is 9.38 Å². The zero-order valence-corrected chi connectivity index (χ0v) is 19.6. The number of aromatic nitrogens is 1. The van der Waals surface area contributed by atoms with Crippen molar-refractivity contribution in [2.24, 2.45) is 4.99 Å². The molecule has 1 saturated heterocycles. The van der Waals surface area contributed by atoms with Gasteiger partial charge in [-0.2, -0.15) is 0 Å². The largest absolute Gasteiger partial charge is 0.343 e. The van der Waals surface area contributed by atoms with Crippen molar-refractivity contribution in [3.63, 3.8) is 0 Å². The fraction of sp³-hybridized carbons (Fsp3) is 0.385. The lowest BCUT2D eigenvalue weighted by atomic mass is 10.0. The van der Waals surface area contributed by atoms with Crippen LogP contribution in [0.4, 0.5) is 10.1 Å². The van der Waals surface area contributed by atoms with Gasteiger partial charge in [0.15, 0.2) is 4.80 Å². The van der Waals surface area contributed by atoms with E-state index in [1.54, 1.807) is 11.3 Å². The fourth-order valence-electron chi connectivity index (χ4n) is 4.30. The Morgan fingerprint density at radius 1 is 1.03 bits per heavy atom. The molecule has 4 rings (SSSR count). The quantitative estimate of drug-likeness (QED) is 0.431. The van der Waals surface area contributed by atoms with Crippen LogP contribution in [-0.2, 0) is 24.2 Å². The molecule has 0 spiro atoms. The highest BCUT2D eigenvalue weighted by Gasteiger charge is 2.19. The van der Waals surface area contributed by atoms with Crippen molar-refractivity contribution in [1.29, 1.82) is 0 Å². The van der Waals surface area contributed by atoms with Gasteiger partial charge in [-0.15, -0.1) is 11.3 Å². The molecule has 0 bridgehead atoms. The number of para-hydroxylation sites is 1. The predicted octanol–water partition coefficient (Wildman–Crippen LogP) is 5.73. The molecule has 1 amide bonds. The highest BCUT2D eigenvalue weighted by atomic mass is 32.1. The van der Waals surface area contributed by atoms with E-state index in [9.17, 15) is 9.18 Å². The van der Waals surface area contributed by atoms with Crippen molar-refractivity contribution in [1.82, 2.24) is 9.47 Å². The molecule has 0 atom stereocenters. The average Bonchev–Trinajstić information content (AvgIpc) is 3.40. The number of likely N-dealkylation sites (tertiary alicyclic amines) is 1. The summed E-state index contributed by atoms with van der Waals surface area (Å²) >= 11 is 1.61. The fourth-order valence-corrected chi connectivity index (χ4v) is 5.24. The van der Waals surface area contributed by atoms with Crippen LogP contribution in [-0.4, -0.2) is 28.5 Å². The number of nitrogens with zero attached hydrogens (tertiary/aromatic N) is 3. The molecule has 1 aliphatic heterocycles. The van der Waals surface area contributed by atoms with Crippen LogP contribution in [0.1, 0.15) is 44.2 Å². The van der Waals surface area contributed by atoms with E-state index in [4.69, 9.17) is 4.99 Å². The second-order valence-electron chi connectivity index (χ2n) is 8.14. The lowest BCUT2D eigenvalue weighted by Gasteiger charge is -2.16. The molecule has 2 aromatic carbocycles. The Kier molecular flexibility index (Phi) is 7.20. The van der Waals surface area contributed by atoms with Crippen molar-refractivity contribution in [3.8, 4) is 11.3 Å². The monoisotopic (exact) mass is 451 g/mol. The van der Waals surface area contributed by atoms with Crippen LogP contribution >= 0.6 is 11.3 Å². The van der Waals surface area contributed by atoms with Crippen molar-refractivity contribution in [3.05, 3.63) is 69.6 Å². The smallest absolute Gasteiger partial charge is 0.222 e. The second kappa shape index (κ2) is 10.3. The number of hydrogen-bond acceptors (Lipinski definition) is 3. The minimum Gasteiger partial charge on any atom is -0.343 e. The maximum Gasteiger partial charge on any atom is 0.222 e. The van der Waals surface area contributed by atoms with E-state index in [1.807, 2.05) is 17.0 Å². The minimum atomic E-state index is -0.238. The van der Waals surface area contributed by atoms with E-state index < -0.39 is 0 Å². The first-order valence-corrected chi connectivity index (χ1v) is 12.4. The predicted molar refractivity (Wildman–Crippen MR) is 129 cm³/mol. The zero-order chi connectivity index (χ0) is 22.5. The molecule has 3 aromatic rings. The highest BCUT2D eigenvalue weighted by Crippen LogP contribution is 2.27. The van der Waals surface area contributed by atoms with E-state index >= 15 is 0 Å². The van der Waals surface area contributed by atoms with Gasteiger partial charge in [-0.1, -0.05) is 32.0 Å². The Hall–Kier alpha value is -2.73. The van der Waals surface area contributed by atoms with Gasteiger partial charge in [-0.05, 0) is 66.6 Å². The SMILES string of the molecule is CCc1cccc(CC)c1N=c1scc(-c2ccc(F)cc2)n1CCCN1CCCC1=O. The highest BCUT2D eigenvalue weighted by molar-refractivity contribution is 7.07. The third-order valence-corrected chi connectivity index (χ3v) is 6.95. The maximum atomic E-state index is 13.5. The summed E-state index contributed by atoms with van der Waals surface area (Å²) in [6, 6.07) is 13.0. The number of halogens is 1. The van der Waals surface area contributed by atoms with Gasteiger partial charge < -0.3 is 9.47 Å². The number of benzene rings is 2. The molecule has 1 fully saturated rings. The molecule has 0 saturated carbocycles. The Bertz CT molecular complexity index is 1120. The number of thiazole rings is 1. The molecule has 0 N–H and O–H groups in total. The number of carbonyl (C=O) groups excluding carboxylic acids is 1. The van der Waals surface area contributed by atoms with Crippen molar-refractivity contribution in [2.75, 3.05) is 13.1 Å². The molecule has 6 heteroatoms. The second-order valence-corrected chi connectivity index (χ2v) is 8.98. The molecule has 0 radical (unpaired) electrons. The summed E-state index contributed by atoms with van der Waals surface area (Å²) in [5.41, 5.74) is 5.56. The first-order chi connectivity index (χ1) is 15.6. The first kappa shape index (κ1) is 22.5. The summed E-state index contributed by atoms with van der Waals surface area (Å²) in [5.74, 6) is 0.0193. The maximum absolute atomic E-state index is 13.5. The lowest BCUT2D eigenvalue weighted by Crippen LogP contribution is -2.27. The molecular weight excluding hydrogens is 421 g/mol. The number of carbonyl (C=O) groups is 1. The molecule has 168 valence electrons. The number of hydrogen-bond donors (Lipinski definition) is 0. The van der Waals surface area contributed by atoms with Crippen LogP contribution in [0.3, 0.4) is 0 Å². The van der Waals surface area contributed by atoms with Crippen molar-refractivity contribution < 1.29 is 9.18 Å². The van der Waals surface area contributed by atoms with Gasteiger partial charge in [0.1, 0.15) is 5.82 Å². The first-order valence-electron chi connectivity index (χ1n) is 11.5. The summed E-state index contributed by atoms with van der Waals surface area (Å²) in [6.45, 7) is 6.70. The normalized spacial score (nSPS) is 14.5. The molecular formula is C26H30FN3OS. The number of amides is 1. The average molecular weight is 452 g/mol. The lowest BCUT2D eigenvalue weighted by molar-refractivity contribution is -0.127. The summed E-state index contributed by atoms with van der Waals surface area (Å²) < 4.78 is 15.7. The van der Waals surface area contributed by atoms with Gasteiger partial charge in [0.05, 0.1) is 11.4 Å². The molecule has 32 heavy (non-hydrogen) atoms. The molecule has 0 aliphatic carbocycles. The van der Waals surface area contributed by atoms with Crippen LogP contribution in [0.15, 0.2) is 52.8 Å². The Morgan fingerprint density at radius 3 is 2.38 bits per heavy atom. The third kappa shape index (κ3) is 4.85. The Morgan fingerprint density at radius 2 is 1.75 bits per heavy atom. The topological polar surface area (TPSA) is 37.6 Å². The molecule has 0 unspecified atom stereocenters. The van der Waals surface area contributed by atoms with Crippen LogP contribution in [0.5, 0.6) is 0 Å². The van der Waals surface area contributed by atoms with Crippen molar-refractivity contribution in [2.45, 2.75) is 52.5 Å². The van der Waals surface area contributed by atoms with Gasteiger partial charge >= 0.3 is 0 Å². The van der Waals surface area contributed by atoms with E-state index in [2.05, 4.69) is 42.0 Å². The third-order valence-electron chi connectivity index (χ3n) is 6.09. The summed E-state index contributed by atoms with van der Waals surface area (Å²) in [5, 5.41) is 2.10. The Labute approximate surface area is 193 Å². The minimum absolute atomic E-state index is 0.238.